The Morgan fingerprint density at radius 2 is 1.91 bits per heavy atom. The molecule has 32 heavy (non-hydrogen) atoms. The van der Waals surface area contributed by atoms with Crippen LogP contribution in [0.25, 0.3) is 10.4 Å². The maximum atomic E-state index is 14.2. The zero-order valence-corrected chi connectivity index (χ0v) is 17.9. The van der Waals surface area contributed by atoms with Crippen LogP contribution in [0.15, 0.2) is 48.5 Å². The van der Waals surface area contributed by atoms with Crippen LogP contribution in [0.4, 0.5) is 15.8 Å². The van der Waals surface area contributed by atoms with Crippen LogP contribution in [0.2, 0.25) is 0 Å². The largest absolute Gasteiger partial charge is 0.399 e. The molecule has 4 aromatic rings. The van der Waals surface area contributed by atoms with Gasteiger partial charge in [0.15, 0.2) is 5.69 Å². The molecular formula is C23H18FN5O2S. The number of rotatable bonds is 3. The van der Waals surface area contributed by atoms with Crippen molar-refractivity contribution in [3.8, 4) is 10.4 Å². The van der Waals surface area contributed by atoms with E-state index in [2.05, 4.69) is 15.4 Å². The van der Waals surface area contributed by atoms with Crippen LogP contribution >= 0.6 is 11.3 Å². The summed E-state index contributed by atoms with van der Waals surface area (Å²) in [5, 5.41) is 10.4. The Morgan fingerprint density at radius 3 is 2.62 bits per heavy atom. The van der Waals surface area contributed by atoms with Crippen molar-refractivity contribution >= 4 is 34.4 Å². The van der Waals surface area contributed by atoms with Gasteiger partial charge < -0.3 is 10.6 Å². The highest BCUT2D eigenvalue weighted by Crippen LogP contribution is 2.42. The lowest BCUT2D eigenvalue weighted by atomic mass is 10.1. The molecule has 2 aromatic heterocycles. The number of aromatic amines is 1. The van der Waals surface area contributed by atoms with Crippen LogP contribution < -0.4 is 10.6 Å². The first kappa shape index (κ1) is 20.1. The Balaban J connectivity index is 1.58. The van der Waals surface area contributed by atoms with Crippen molar-refractivity contribution in [2.75, 3.05) is 17.2 Å². The fourth-order valence-corrected chi connectivity index (χ4v) is 5.02. The van der Waals surface area contributed by atoms with E-state index in [1.807, 2.05) is 6.07 Å². The average Bonchev–Trinajstić information content (AvgIpc) is 3.37. The van der Waals surface area contributed by atoms with Gasteiger partial charge in [-0.25, -0.2) is 4.39 Å². The number of fused-ring (bicyclic) bond motifs is 3. The van der Waals surface area contributed by atoms with E-state index in [4.69, 9.17) is 5.73 Å². The van der Waals surface area contributed by atoms with Gasteiger partial charge in [-0.3, -0.25) is 9.59 Å². The second-order valence-electron chi connectivity index (χ2n) is 7.54. The number of benzene rings is 2. The van der Waals surface area contributed by atoms with Gasteiger partial charge in [0.05, 0.1) is 16.3 Å². The Labute approximate surface area is 186 Å². The molecule has 1 aliphatic heterocycles. The first-order chi connectivity index (χ1) is 15.4. The van der Waals surface area contributed by atoms with Gasteiger partial charge in [-0.2, -0.15) is 15.4 Å². The highest BCUT2D eigenvalue weighted by atomic mass is 32.1. The number of hydrogen-bond acceptors (Lipinski definition) is 6. The Kier molecular flexibility index (Phi) is 4.82. The van der Waals surface area contributed by atoms with Crippen LogP contribution in [0.3, 0.4) is 0 Å². The number of aryl methyl sites for hydroxylation is 1. The van der Waals surface area contributed by atoms with E-state index in [9.17, 15) is 14.0 Å². The molecule has 0 aliphatic carbocycles. The quantitative estimate of drug-likeness (QED) is 0.365. The van der Waals surface area contributed by atoms with Crippen molar-refractivity contribution in [2.45, 2.75) is 13.3 Å². The van der Waals surface area contributed by atoms with Gasteiger partial charge >= 0.3 is 0 Å². The van der Waals surface area contributed by atoms with Gasteiger partial charge in [-0.1, -0.05) is 0 Å². The SMILES string of the molecule is Cc1n[nH]nc1C(=O)c1cc2c(s1)-c1ccc(F)cc1N(C(=O)c1ccc(N)cc1)CC2. The zero-order valence-electron chi connectivity index (χ0n) is 17.1. The summed E-state index contributed by atoms with van der Waals surface area (Å²) in [6.07, 6.45) is 0.522. The van der Waals surface area contributed by atoms with E-state index < -0.39 is 5.82 Å². The van der Waals surface area contributed by atoms with E-state index in [1.54, 1.807) is 42.2 Å². The number of ketones is 1. The maximum Gasteiger partial charge on any atom is 0.258 e. The first-order valence-corrected chi connectivity index (χ1v) is 10.8. The van der Waals surface area contributed by atoms with Crippen molar-refractivity contribution in [1.29, 1.82) is 0 Å². The molecule has 1 aliphatic rings. The second kappa shape index (κ2) is 7.69. The Bertz CT molecular complexity index is 1360. The minimum Gasteiger partial charge on any atom is -0.399 e. The minimum absolute atomic E-state index is 0.215. The lowest BCUT2D eigenvalue weighted by Crippen LogP contribution is -2.32. The summed E-state index contributed by atoms with van der Waals surface area (Å²) in [4.78, 5) is 29.2. The molecule has 0 saturated carbocycles. The smallest absolute Gasteiger partial charge is 0.258 e. The van der Waals surface area contributed by atoms with Gasteiger partial charge in [-0.15, -0.1) is 11.3 Å². The maximum absolute atomic E-state index is 14.2. The summed E-state index contributed by atoms with van der Waals surface area (Å²) < 4.78 is 14.2. The standard InChI is InChI=1S/C23H18FN5O2S/c1-12-20(27-28-26-12)21(30)19-10-14-8-9-29(23(31)13-2-5-16(25)6-3-13)18-11-15(24)4-7-17(18)22(14)32-19/h2-7,10-11H,8-9,25H2,1H3,(H,26,27,28). The van der Waals surface area contributed by atoms with E-state index in [0.29, 0.717) is 46.0 Å². The average molecular weight is 447 g/mol. The van der Waals surface area contributed by atoms with E-state index in [1.165, 1.54) is 23.5 Å². The molecule has 0 unspecified atom stereocenters. The van der Waals surface area contributed by atoms with Crippen LogP contribution in [0.5, 0.6) is 0 Å². The minimum atomic E-state index is -0.437. The molecule has 0 saturated heterocycles. The number of nitrogens with two attached hydrogens (primary N) is 1. The molecule has 1 amide bonds. The number of carbonyl (C=O) groups excluding carboxylic acids is 2. The number of halogens is 1. The van der Waals surface area contributed by atoms with Crippen LogP contribution in [-0.2, 0) is 6.42 Å². The zero-order chi connectivity index (χ0) is 22.4. The molecule has 0 bridgehead atoms. The van der Waals surface area contributed by atoms with E-state index in [-0.39, 0.29) is 17.4 Å². The molecule has 5 rings (SSSR count). The summed E-state index contributed by atoms with van der Waals surface area (Å²) in [7, 11) is 0. The topological polar surface area (TPSA) is 105 Å². The number of thiophene rings is 1. The molecule has 2 aromatic carbocycles. The molecule has 3 N–H and O–H groups in total. The number of amides is 1. The fraction of sp³-hybridized carbons (Fsp3) is 0.130. The van der Waals surface area contributed by atoms with Gasteiger partial charge in [-0.05, 0) is 67.4 Å². The molecule has 160 valence electrons. The lowest BCUT2D eigenvalue weighted by Gasteiger charge is -2.23. The third-order valence-electron chi connectivity index (χ3n) is 5.47. The van der Waals surface area contributed by atoms with Crippen molar-refractivity contribution in [3.63, 3.8) is 0 Å². The van der Waals surface area contributed by atoms with Crippen LogP contribution in [0.1, 0.15) is 37.0 Å². The normalized spacial score (nSPS) is 12.8. The number of nitrogen functional groups attached to an aromatic ring is 1. The molecule has 0 atom stereocenters. The molecule has 9 heteroatoms. The van der Waals surface area contributed by atoms with Gasteiger partial charge in [0, 0.05) is 28.2 Å². The Hall–Kier alpha value is -3.85. The third-order valence-corrected chi connectivity index (χ3v) is 6.68. The number of aromatic nitrogens is 3. The summed E-state index contributed by atoms with van der Waals surface area (Å²) in [6.45, 7) is 2.06. The van der Waals surface area contributed by atoms with Crippen molar-refractivity contribution < 1.29 is 14.0 Å². The summed E-state index contributed by atoms with van der Waals surface area (Å²) in [5.41, 5.74) is 9.70. The van der Waals surface area contributed by atoms with Gasteiger partial charge in [0.2, 0.25) is 5.78 Å². The van der Waals surface area contributed by atoms with E-state index >= 15 is 0 Å². The number of anilines is 2. The Morgan fingerprint density at radius 1 is 1.12 bits per heavy atom. The monoisotopic (exact) mass is 447 g/mol. The molecule has 7 nitrogen and oxygen atoms in total. The van der Waals surface area contributed by atoms with Crippen molar-refractivity contribution in [3.05, 3.63) is 81.7 Å². The number of hydrogen-bond donors (Lipinski definition) is 2. The fourth-order valence-electron chi connectivity index (χ4n) is 3.84. The summed E-state index contributed by atoms with van der Waals surface area (Å²) in [5.74, 6) is -0.886. The molecule has 3 heterocycles. The van der Waals surface area contributed by atoms with E-state index in [0.717, 1.165) is 10.4 Å². The second-order valence-corrected chi connectivity index (χ2v) is 8.59. The molecular weight excluding hydrogens is 429 g/mol. The van der Waals surface area contributed by atoms with Crippen LogP contribution in [0, 0.1) is 12.7 Å². The number of nitrogens with one attached hydrogen (secondary N) is 1. The van der Waals surface area contributed by atoms with Crippen LogP contribution in [-0.4, -0.2) is 33.6 Å². The van der Waals surface area contributed by atoms with Gasteiger partial charge in [0.1, 0.15) is 5.82 Å². The molecule has 0 spiro atoms. The molecule has 0 fully saturated rings. The lowest BCUT2D eigenvalue weighted by molar-refractivity contribution is 0.0986. The predicted octanol–water partition coefficient (Wildman–Crippen LogP) is 4.00. The highest BCUT2D eigenvalue weighted by molar-refractivity contribution is 7.17. The van der Waals surface area contributed by atoms with Crippen molar-refractivity contribution in [1.82, 2.24) is 15.4 Å². The number of carbonyl (C=O) groups is 2. The highest BCUT2D eigenvalue weighted by Gasteiger charge is 2.29. The summed E-state index contributed by atoms with van der Waals surface area (Å²) in [6, 6.07) is 12.9. The van der Waals surface area contributed by atoms with Crippen molar-refractivity contribution in [2.24, 2.45) is 0 Å². The van der Waals surface area contributed by atoms with Gasteiger partial charge in [0.25, 0.3) is 5.91 Å². The molecule has 0 radical (unpaired) electrons. The number of nitrogens with zero attached hydrogens (tertiary/aromatic N) is 3. The first-order valence-electron chi connectivity index (χ1n) is 9.94. The third kappa shape index (κ3) is 3.36. The summed E-state index contributed by atoms with van der Waals surface area (Å²) >= 11 is 1.32. The predicted molar refractivity (Wildman–Crippen MR) is 121 cm³/mol. The number of H-pyrrole nitrogens is 1.